The lowest BCUT2D eigenvalue weighted by atomic mass is 9.91. The third kappa shape index (κ3) is 2.80. The van der Waals surface area contributed by atoms with Gasteiger partial charge in [-0.2, -0.15) is 0 Å². The number of hydrogen-bond acceptors (Lipinski definition) is 3. The molecule has 0 amide bonds. The molecule has 1 N–H and O–H groups in total. The maximum Gasteiger partial charge on any atom is 0.108 e. The van der Waals surface area contributed by atoms with E-state index in [0.717, 1.165) is 12.0 Å². The summed E-state index contributed by atoms with van der Waals surface area (Å²) in [6.07, 6.45) is 0.268. The van der Waals surface area contributed by atoms with Crippen molar-refractivity contribution in [1.82, 2.24) is 0 Å². The Morgan fingerprint density at radius 2 is 2.20 bits per heavy atom. The summed E-state index contributed by atoms with van der Waals surface area (Å²) in [5.41, 5.74) is 0.498. The molecule has 0 saturated carbocycles. The Balaban J connectivity index is 2.85. The van der Waals surface area contributed by atoms with Crippen molar-refractivity contribution in [1.29, 1.82) is 0 Å². The first-order valence-electron chi connectivity index (χ1n) is 5.40. The van der Waals surface area contributed by atoms with Crippen molar-refractivity contribution in [2.24, 2.45) is 0 Å². The maximum absolute atomic E-state index is 10.3. The van der Waals surface area contributed by atoms with Crippen molar-refractivity contribution in [3.63, 3.8) is 0 Å². The van der Waals surface area contributed by atoms with E-state index in [1.54, 1.807) is 11.3 Å². The zero-order valence-electron chi connectivity index (χ0n) is 9.91. The Kier molecular flexibility index (Phi) is 4.32. The van der Waals surface area contributed by atoms with Gasteiger partial charge in [-0.3, -0.25) is 0 Å². The van der Waals surface area contributed by atoms with E-state index in [0.29, 0.717) is 6.61 Å². The van der Waals surface area contributed by atoms with Gasteiger partial charge >= 0.3 is 0 Å². The van der Waals surface area contributed by atoms with E-state index in [1.807, 2.05) is 39.1 Å². The highest BCUT2D eigenvalue weighted by atomic mass is 32.1. The van der Waals surface area contributed by atoms with Crippen LogP contribution >= 0.6 is 11.3 Å². The van der Waals surface area contributed by atoms with Crippen molar-refractivity contribution >= 4 is 11.3 Å². The summed E-state index contributed by atoms with van der Waals surface area (Å²) in [4.78, 5) is 1.22. The average Bonchev–Trinajstić information content (AvgIpc) is 2.64. The molecule has 1 aromatic heterocycles. The van der Waals surface area contributed by atoms with E-state index in [9.17, 15) is 5.11 Å². The summed E-state index contributed by atoms with van der Waals surface area (Å²) in [6.45, 7) is 8.64. The number of aliphatic hydroxyl groups excluding tert-OH is 1. The molecule has 0 bridgehead atoms. The number of hydrogen-bond donors (Lipinski definition) is 1. The largest absolute Gasteiger partial charge is 0.385 e. The van der Waals surface area contributed by atoms with E-state index in [-0.39, 0.29) is 0 Å². The molecule has 0 aliphatic heterocycles. The lowest BCUT2D eigenvalue weighted by molar-refractivity contribution is -0.113. The Bertz CT molecular complexity index is 308. The summed E-state index contributed by atoms with van der Waals surface area (Å²) < 4.78 is 5.66. The van der Waals surface area contributed by atoms with Gasteiger partial charge in [0.1, 0.15) is 6.10 Å². The molecule has 2 unspecified atom stereocenters. The molecule has 1 rings (SSSR count). The van der Waals surface area contributed by atoms with Crippen LogP contribution in [0.15, 0.2) is 11.4 Å². The topological polar surface area (TPSA) is 29.5 Å². The summed E-state index contributed by atoms with van der Waals surface area (Å²) in [5, 5.41) is 12.3. The van der Waals surface area contributed by atoms with Crippen molar-refractivity contribution in [3.05, 3.63) is 21.9 Å². The van der Waals surface area contributed by atoms with Crippen LogP contribution in [0.25, 0.3) is 0 Å². The number of aliphatic hydroxyl groups is 1. The van der Waals surface area contributed by atoms with Crippen molar-refractivity contribution < 1.29 is 9.84 Å². The molecular weight excluding hydrogens is 208 g/mol. The molecule has 2 atom stereocenters. The van der Waals surface area contributed by atoms with Gasteiger partial charge in [0.2, 0.25) is 0 Å². The predicted molar refractivity (Wildman–Crippen MR) is 64.3 cm³/mol. The van der Waals surface area contributed by atoms with Gasteiger partial charge in [-0.15, -0.1) is 11.3 Å². The van der Waals surface area contributed by atoms with E-state index >= 15 is 0 Å². The van der Waals surface area contributed by atoms with Crippen LogP contribution in [0.1, 0.15) is 43.7 Å². The van der Waals surface area contributed by atoms with Gasteiger partial charge < -0.3 is 9.84 Å². The Labute approximate surface area is 95.9 Å². The number of thiophene rings is 1. The molecule has 3 heteroatoms. The minimum absolute atomic E-state index is 0.470. The normalized spacial score (nSPS) is 17.4. The molecule has 2 nitrogen and oxygen atoms in total. The van der Waals surface area contributed by atoms with E-state index < -0.39 is 11.7 Å². The van der Waals surface area contributed by atoms with Crippen molar-refractivity contribution in [2.75, 3.05) is 6.61 Å². The first-order valence-corrected chi connectivity index (χ1v) is 6.28. The van der Waals surface area contributed by atoms with E-state index in [1.165, 1.54) is 4.88 Å². The molecule has 0 fully saturated rings. The van der Waals surface area contributed by atoms with Crippen molar-refractivity contribution in [3.8, 4) is 0 Å². The molecule has 0 aromatic carbocycles. The summed E-state index contributed by atoms with van der Waals surface area (Å²) >= 11 is 1.66. The predicted octanol–water partition coefficient (Wildman–Crippen LogP) is 3.30. The second kappa shape index (κ2) is 5.10. The molecule has 0 spiro atoms. The minimum Gasteiger partial charge on any atom is -0.385 e. The van der Waals surface area contributed by atoms with Crippen LogP contribution in [-0.4, -0.2) is 17.3 Å². The summed E-state index contributed by atoms with van der Waals surface area (Å²) in [6, 6.07) is 2.03. The number of rotatable bonds is 5. The Morgan fingerprint density at radius 3 is 2.60 bits per heavy atom. The highest BCUT2D eigenvalue weighted by Gasteiger charge is 2.33. The van der Waals surface area contributed by atoms with Gasteiger partial charge in [0.05, 0.1) is 5.60 Å². The lowest BCUT2D eigenvalue weighted by Crippen LogP contribution is -2.35. The third-order valence-electron chi connectivity index (χ3n) is 2.82. The molecule has 0 radical (unpaired) electrons. The molecule has 1 heterocycles. The first-order chi connectivity index (χ1) is 7.03. The standard InChI is InChI=1S/C12H20O2S/c1-5-12(4,14-6-2)11(13)10-7-9(3)15-8-10/h7-8,11,13H,5-6H2,1-4H3. The van der Waals surface area contributed by atoms with Gasteiger partial charge in [-0.25, -0.2) is 0 Å². The maximum atomic E-state index is 10.3. The first kappa shape index (κ1) is 12.7. The quantitative estimate of drug-likeness (QED) is 0.838. The molecule has 0 aliphatic carbocycles. The average molecular weight is 228 g/mol. The van der Waals surface area contributed by atoms with E-state index in [4.69, 9.17) is 4.74 Å². The van der Waals surface area contributed by atoms with Crippen molar-refractivity contribution in [2.45, 2.75) is 45.8 Å². The fourth-order valence-electron chi connectivity index (χ4n) is 1.66. The second-order valence-electron chi connectivity index (χ2n) is 3.99. The third-order valence-corrected chi connectivity index (χ3v) is 3.70. The van der Waals surface area contributed by atoms with Gasteiger partial charge in [-0.1, -0.05) is 6.92 Å². The SMILES string of the molecule is CCOC(C)(CC)C(O)c1csc(C)c1. The second-order valence-corrected chi connectivity index (χ2v) is 5.11. The Hall–Kier alpha value is -0.380. The summed E-state index contributed by atoms with van der Waals surface area (Å²) in [5.74, 6) is 0. The van der Waals surface area contributed by atoms with Crippen LogP contribution in [0, 0.1) is 6.92 Å². The molecule has 1 aromatic rings. The molecule has 86 valence electrons. The summed E-state index contributed by atoms with van der Waals surface area (Å²) in [7, 11) is 0. The smallest absolute Gasteiger partial charge is 0.108 e. The van der Waals surface area contributed by atoms with Crippen LogP contribution in [0.4, 0.5) is 0 Å². The van der Waals surface area contributed by atoms with Gasteiger partial charge in [0, 0.05) is 11.5 Å². The van der Waals surface area contributed by atoms with Crippen LogP contribution in [0.5, 0.6) is 0 Å². The zero-order chi connectivity index (χ0) is 11.5. The van der Waals surface area contributed by atoms with E-state index in [2.05, 4.69) is 0 Å². The molecule has 15 heavy (non-hydrogen) atoms. The van der Waals surface area contributed by atoms with Gasteiger partial charge in [0.25, 0.3) is 0 Å². The fraction of sp³-hybridized carbons (Fsp3) is 0.667. The highest BCUT2D eigenvalue weighted by molar-refractivity contribution is 7.10. The fourth-order valence-corrected chi connectivity index (χ4v) is 2.39. The highest BCUT2D eigenvalue weighted by Crippen LogP contribution is 2.33. The molecular formula is C12H20O2S. The van der Waals surface area contributed by atoms with Crippen LogP contribution in [-0.2, 0) is 4.74 Å². The van der Waals surface area contributed by atoms with Crippen LogP contribution in [0.2, 0.25) is 0 Å². The van der Waals surface area contributed by atoms with Gasteiger partial charge in [-0.05, 0) is 44.2 Å². The van der Waals surface area contributed by atoms with Crippen LogP contribution in [0.3, 0.4) is 0 Å². The van der Waals surface area contributed by atoms with Gasteiger partial charge in [0.15, 0.2) is 0 Å². The lowest BCUT2D eigenvalue weighted by Gasteiger charge is -2.33. The van der Waals surface area contributed by atoms with Crippen LogP contribution < -0.4 is 0 Å². The number of aryl methyl sites for hydroxylation is 1. The molecule has 0 saturated heterocycles. The minimum atomic E-state index is -0.535. The molecule has 0 aliphatic rings. The number of ether oxygens (including phenoxy) is 1. The Morgan fingerprint density at radius 1 is 1.53 bits per heavy atom. The monoisotopic (exact) mass is 228 g/mol. The zero-order valence-corrected chi connectivity index (χ0v) is 10.7.